The SMILES string of the molecule is CC(C)Cn1c(-c2cc(Br)ccc2I)nnc1S(=O)(=O)Cl. The van der Waals surface area contributed by atoms with E-state index in [0.29, 0.717) is 12.4 Å². The van der Waals surface area contributed by atoms with E-state index in [2.05, 4.69) is 48.7 Å². The molecule has 2 rings (SSSR count). The van der Waals surface area contributed by atoms with Gasteiger partial charge in [0, 0.05) is 30.8 Å². The lowest BCUT2D eigenvalue weighted by atomic mass is 10.2. The molecule has 0 aliphatic carbocycles. The van der Waals surface area contributed by atoms with Crippen LogP contribution in [0.4, 0.5) is 0 Å². The van der Waals surface area contributed by atoms with E-state index in [0.717, 1.165) is 13.6 Å². The molecule has 0 N–H and O–H groups in total. The largest absolute Gasteiger partial charge is 0.297 e. The van der Waals surface area contributed by atoms with Crippen molar-refractivity contribution in [1.82, 2.24) is 14.8 Å². The topological polar surface area (TPSA) is 64.8 Å². The molecule has 114 valence electrons. The third kappa shape index (κ3) is 3.96. The van der Waals surface area contributed by atoms with Gasteiger partial charge in [-0.2, -0.15) is 0 Å². The molecule has 0 bridgehead atoms. The van der Waals surface area contributed by atoms with Crippen LogP contribution in [0, 0.1) is 9.49 Å². The lowest BCUT2D eigenvalue weighted by Crippen LogP contribution is -2.12. The summed E-state index contributed by atoms with van der Waals surface area (Å²) in [7, 11) is 1.51. The molecular weight excluding hydrogens is 492 g/mol. The van der Waals surface area contributed by atoms with E-state index >= 15 is 0 Å². The molecule has 2 aromatic rings. The fourth-order valence-electron chi connectivity index (χ4n) is 1.87. The van der Waals surface area contributed by atoms with Crippen molar-refractivity contribution in [2.45, 2.75) is 25.5 Å². The first-order valence-corrected chi connectivity index (χ1v) is 10.2. The molecule has 0 radical (unpaired) electrons. The lowest BCUT2D eigenvalue weighted by Gasteiger charge is -2.12. The third-order valence-corrected chi connectivity index (χ3v) is 5.24. The molecule has 1 aromatic carbocycles. The molecule has 0 spiro atoms. The first-order valence-electron chi connectivity index (χ1n) is 6.03. The molecule has 9 heteroatoms. The predicted molar refractivity (Wildman–Crippen MR) is 93.8 cm³/mol. The van der Waals surface area contributed by atoms with Crippen LogP contribution in [-0.4, -0.2) is 23.2 Å². The Balaban J connectivity index is 2.69. The average Bonchev–Trinajstić information content (AvgIpc) is 2.74. The highest BCUT2D eigenvalue weighted by Crippen LogP contribution is 2.29. The molecule has 21 heavy (non-hydrogen) atoms. The van der Waals surface area contributed by atoms with Gasteiger partial charge in [0.05, 0.1) is 0 Å². The lowest BCUT2D eigenvalue weighted by molar-refractivity contribution is 0.488. The van der Waals surface area contributed by atoms with Crippen LogP contribution in [0.3, 0.4) is 0 Å². The fourth-order valence-corrected chi connectivity index (χ4v) is 3.71. The minimum absolute atomic E-state index is 0.219. The van der Waals surface area contributed by atoms with E-state index in [1.54, 1.807) is 4.57 Å². The number of nitrogens with zero attached hydrogens (tertiary/aromatic N) is 3. The zero-order chi connectivity index (χ0) is 15.8. The summed E-state index contributed by atoms with van der Waals surface area (Å²) in [4.78, 5) is 0. The van der Waals surface area contributed by atoms with Crippen molar-refractivity contribution in [2.75, 3.05) is 0 Å². The number of rotatable bonds is 4. The van der Waals surface area contributed by atoms with Gasteiger partial charge in [-0.15, -0.1) is 10.2 Å². The van der Waals surface area contributed by atoms with Crippen LogP contribution < -0.4 is 0 Å². The highest BCUT2D eigenvalue weighted by molar-refractivity contribution is 14.1. The van der Waals surface area contributed by atoms with Crippen LogP contribution in [0.2, 0.25) is 0 Å². The van der Waals surface area contributed by atoms with Crippen molar-refractivity contribution < 1.29 is 8.42 Å². The van der Waals surface area contributed by atoms with Crippen molar-refractivity contribution in [3.63, 3.8) is 0 Å². The van der Waals surface area contributed by atoms with E-state index in [-0.39, 0.29) is 11.1 Å². The van der Waals surface area contributed by atoms with E-state index < -0.39 is 9.05 Å². The number of benzene rings is 1. The van der Waals surface area contributed by atoms with Gasteiger partial charge in [0.15, 0.2) is 5.82 Å². The Morgan fingerprint density at radius 3 is 2.62 bits per heavy atom. The van der Waals surface area contributed by atoms with E-state index in [1.807, 2.05) is 32.0 Å². The van der Waals surface area contributed by atoms with Crippen LogP contribution in [0.25, 0.3) is 11.4 Å². The first kappa shape index (κ1) is 17.2. The summed E-state index contributed by atoms with van der Waals surface area (Å²) in [6, 6.07) is 5.71. The summed E-state index contributed by atoms with van der Waals surface area (Å²) in [6.45, 7) is 4.44. The van der Waals surface area contributed by atoms with Crippen LogP contribution >= 0.6 is 49.2 Å². The molecule has 0 atom stereocenters. The number of hydrogen-bond donors (Lipinski definition) is 0. The molecule has 0 aliphatic rings. The van der Waals surface area contributed by atoms with Crippen molar-refractivity contribution >= 4 is 58.3 Å². The van der Waals surface area contributed by atoms with Gasteiger partial charge >= 0.3 is 0 Å². The highest BCUT2D eigenvalue weighted by Gasteiger charge is 2.24. The molecule has 1 aromatic heterocycles. The summed E-state index contributed by atoms with van der Waals surface area (Å²) in [5.74, 6) is 0.718. The second-order valence-electron chi connectivity index (χ2n) is 4.87. The number of hydrogen-bond acceptors (Lipinski definition) is 4. The van der Waals surface area contributed by atoms with Gasteiger partial charge in [-0.1, -0.05) is 29.8 Å². The molecule has 0 unspecified atom stereocenters. The maximum absolute atomic E-state index is 11.7. The van der Waals surface area contributed by atoms with Crippen LogP contribution in [0.1, 0.15) is 13.8 Å². The van der Waals surface area contributed by atoms with Gasteiger partial charge < -0.3 is 0 Å². The molecule has 0 aliphatic heterocycles. The van der Waals surface area contributed by atoms with E-state index in [9.17, 15) is 8.42 Å². The van der Waals surface area contributed by atoms with Gasteiger partial charge in [0.2, 0.25) is 0 Å². The zero-order valence-electron chi connectivity index (χ0n) is 11.2. The highest BCUT2D eigenvalue weighted by atomic mass is 127. The molecule has 1 heterocycles. The Morgan fingerprint density at radius 1 is 1.38 bits per heavy atom. The van der Waals surface area contributed by atoms with E-state index in [4.69, 9.17) is 10.7 Å². The minimum Gasteiger partial charge on any atom is -0.297 e. The second-order valence-corrected chi connectivity index (χ2v) is 9.41. The van der Waals surface area contributed by atoms with Crippen molar-refractivity contribution in [3.05, 3.63) is 26.2 Å². The van der Waals surface area contributed by atoms with Gasteiger partial charge in [-0.3, -0.25) is 4.57 Å². The maximum Gasteiger partial charge on any atom is 0.296 e. The summed E-state index contributed by atoms with van der Waals surface area (Å²) in [5.41, 5.74) is 0.810. The minimum atomic E-state index is -3.94. The molecule has 0 fully saturated rings. The Bertz CT molecular complexity index is 777. The van der Waals surface area contributed by atoms with E-state index in [1.165, 1.54) is 0 Å². The fraction of sp³-hybridized carbons (Fsp3) is 0.333. The quantitative estimate of drug-likeness (QED) is 0.468. The summed E-state index contributed by atoms with van der Waals surface area (Å²) in [5, 5.41) is 7.57. The molecule has 0 saturated carbocycles. The van der Waals surface area contributed by atoms with Crippen LogP contribution in [0.15, 0.2) is 27.8 Å². The third-order valence-electron chi connectivity index (χ3n) is 2.65. The Morgan fingerprint density at radius 2 is 2.05 bits per heavy atom. The van der Waals surface area contributed by atoms with Crippen LogP contribution in [-0.2, 0) is 15.6 Å². The Labute approximate surface area is 149 Å². The Hall–Kier alpha value is -0.190. The monoisotopic (exact) mass is 503 g/mol. The smallest absolute Gasteiger partial charge is 0.296 e. The maximum atomic E-state index is 11.7. The average molecular weight is 505 g/mol. The molecule has 0 saturated heterocycles. The summed E-state index contributed by atoms with van der Waals surface area (Å²) < 4.78 is 26.7. The normalized spacial score (nSPS) is 12.1. The van der Waals surface area contributed by atoms with Gasteiger partial charge in [-0.25, -0.2) is 8.42 Å². The Kier molecular flexibility index (Phi) is 5.32. The van der Waals surface area contributed by atoms with Gasteiger partial charge in [-0.05, 0) is 46.7 Å². The standard InChI is InChI=1S/C12H12BrClIN3O2S/c1-7(2)6-18-11(16-17-12(18)21(14,19)20)9-5-8(13)3-4-10(9)15/h3-5,7H,6H2,1-2H3. The number of aromatic nitrogens is 3. The van der Waals surface area contributed by atoms with Crippen molar-refractivity contribution in [1.29, 1.82) is 0 Å². The predicted octanol–water partition coefficient (Wildman–Crippen LogP) is 3.90. The summed E-state index contributed by atoms with van der Waals surface area (Å²) >= 11 is 5.59. The zero-order valence-corrected chi connectivity index (χ0v) is 16.5. The molecule has 5 nitrogen and oxygen atoms in total. The second kappa shape index (κ2) is 6.51. The molecular formula is C12H12BrClIN3O2S. The molecule has 0 amide bonds. The summed E-state index contributed by atoms with van der Waals surface area (Å²) in [6.07, 6.45) is 0. The van der Waals surface area contributed by atoms with Crippen LogP contribution in [0.5, 0.6) is 0 Å². The van der Waals surface area contributed by atoms with Gasteiger partial charge in [0.1, 0.15) is 0 Å². The van der Waals surface area contributed by atoms with Crippen molar-refractivity contribution in [2.24, 2.45) is 5.92 Å². The van der Waals surface area contributed by atoms with Crippen molar-refractivity contribution in [3.8, 4) is 11.4 Å². The first-order chi connectivity index (χ1) is 9.70. The number of halogens is 3. The van der Waals surface area contributed by atoms with Gasteiger partial charge in [0.25, 0.3) is 14.2 Å².